The number of amides is 2. The lowest BCUT2D eigenvalue weighted by Gasteiger charge is -2.43. The van der Waals surface area contributed by atoms with E-state index in [1.807, 2.05) is 12.1 Å². The van der Waals surface area contributed by atoms with E-state index < -0.39 is 11.6 Å². The number of nitrogens with one attached hydrogen (secondary N) is 1. The van der Waals surface area contributed by atoms with Gasteiger partial charge in [-0.1, -0.05) is 19.9 Å². The van der Waals surface area contributed by atoms with Crippen LogP contribution in [0.4, 0.5) is 0 Å². The molecule has 1 aliphatic rings. The molecule has 1 N–H and O–H groups in total. The first-order valence-corrected chi connectivity index (χ1v) is 7.33. The van der Waals surface area contributed by atoms with Crippen molar-refractivity contribution in [2.45, 2.75) is 52.2 Å². The standard InChI is InChI=1S/C16H23N3O2/c1-11(2)8-13-14(20)18-16(3,4)15(21)19(13)10-12-6-5-7-17-9-12/h5-7,9,11,13H,8,10H2,1-4H3,(H,18,20). The molecule has 2 amide bonds. The zero-order valence-electron chi connectivity index (χ0n) is 13.1. The fraction of sp³-hybridized carbons (Fsp3) is 0.562. The summed E-state index contributed by atoms with van der Waals surface area (Å²) in [5.41, 5.74) is 0.0809. The monoisotopic (exact) mass is 289 g/mol. The minimum absolute atomic E-state index is 0.0448. The van der Waals surface area contributed by atoms with Crippen molar-refractivity contribution in [3.63, 3.8) is 0 Å². The molecule has 1 aliphatic heterocycles. The predicted octanol–water partition coefficient (Wildman–Crippen LogP) is 1.73. The molecule has 0 saturated carbocycles. The molecular formula is C16H23N3O2. The maximum Gasteiger partial charge on any atom is 0.248 e. The van der Waals surface area contributed by atoms with Crippen LogP contribution in [-0.2, 0) is 16.1 Å². The van der Waals surface area contributed by atoms with E-state index in [1.165, 1.54) is 0 Å². The molecule has 0 radical (unpaired) electrons. The molecule has 0 aliphatic carbocycles. The van der Waals surface area contributed by atoms with Crippen molar-refractivity contribution in [3.8, 4) is 0 Å². The lowest BCUT2D eigenvalue weighted by Crippen LogP contribution is -2.67. The summed E-state index contributed by atoms with van der Waals surface area (Å²) in [4.78, 5) is 30.8. The fourth-order valence-electron chi connectivity index (χ4n) is 2.64. The smallest absolute Gasteiger partial charge is 0.248 e. The Bertz CT molecular complexity index is 526. The van der Waals surface area contributed by atoms with Crippen LogP contribution in [0.3, 0.4) is 0 Å². The Kier molecular flexibility index (Phi) is 4.30. The molecule has 0 bridgehead atoms. The number of rotatable bonds is 4. The maximum atomic E-state index is 12.7. The van der Waals surface area contributed by atoms with E-state index in [0.29, 0.717) is 18.9 Å². The summed E-state index contributed by atoms with van der Waals surface area (Å²) in [6.45, 7) is 8.02. The highest BCUT2D eigenvalue weighted by Crippen LogP contribution is 2.24. The Labute approximate surface area is 125 Å². The highest BCUT2D eigenvalue weighted by atomic mass is 16.2. The van der Waals surface area contributed by atoms with E-state index in [4.69, 9.17) is 0 Å². The molecule has 1 fully saturated rings. The largest absolute Gasteiger partial charge is 0.340 e. The Balaban J connectivity index is 2.29. The quantitative estimate of drug-likeness (QED) is 0.918. The van der Waals surface area contributed by atoms with Gasteiger partial charge in [0.2, 0.25) is 11.8 Å². The number of hydrogen-bond donors (Lipinski definition) is 1. The van der Waals surface area contributed by atoms with Gasteiger partial charge in [-0.2, -0.15) is 0 Å². The number of aromatic nitrogens is 1. The van der Waals surface area contributed by atoms with Gasteiger partial charge in [0.15, 0.2) is 0 Å². The van der Waals surface area contributed by atoms with E-state index in [-0.39, 0.29) is 11.8 Å². The molecule has 114 valence electrons. The van der Waals surface area contributed by atoms with E-state index >= 15 is 0 Å². The molecule has 2 heterocycles. The number of hydrogen-bond acceptors (Lipinski definition) is 3. The molecule has 1 aromatic heterocycles. The average molecular weight is 289 g/mol. The van der Waals surface area contributed by atoms with E-state index in [1.54, 1.807) is 31.1 Å². The minimum atomic E-state index is -0.854. The van der Waals surface area contributed by atoms with Gasteiger partial charge in [-0.15, -0.1) is 0 Å². The van der Waals surface area contributed by atoms with Gasteiger partial charge in [0.25, 0.3) is 0 Å². The third-order valence-corrected chi connectivity index (χ3v) is 3.68. The molecule has 5 nitrogen and oxygen atoms in total. The van der Waals surface area contributed by atoms with Crippen LogP contribution in [0.1, 0.15) is 39.7 Å². The summed E-state index contributed by atoms with van der Waals surface area (Å²) < 4.78 is 0. The van der Waals surface area contributed by atoms with Crippen LogP contribution in [0.5, 0.6) is 0 Å². The maximum absolute atomic E-state index is 12.7. The molecule has 0 spiro atoms. The topological polar surface area (TPSA) is 62.3 Å². The second-order valence-corrected chi connectivity index (χ2v) is 6.55. The van der Waals surface area contributed by atoms with Crippen LogP contribution in [0.2, 0.25) is 0 Å². The first-order valence-electron chi connectivity index (χ1n) is 7.33. The summed E-state index contributed by atoms with van der Waals surface area (Å²) >= 11 is 0. The van der Waals surface area contributed by atoms with Crippen molar-refractivity contribution < 1.29 is 9.59 Å². The molecule has 1 aromatic rings. The van der Waals surface area contributed by atoms with Gasteiger partial charge in [-0.25, -0.2) is 0 Å². The number of nitrogens with zero attached hydrogens (tertiary/aromatic N) is 2. The summed E-state index contributed by atoms with van der Waals surface area (Å²) in [7, 11) is 0. The molecule has 21 heavy (non-hydrogen) atoms. The average Bonchev–Trinajstić information content (AvgIpc) is 2.41. The van der Waals surface area contributed by atoms with Crippen LogP contribution in [-0.4, -0.2) is 33.3 Å². The van der Waals surface area contributed by atoms with E-state index in [2.05, 4.69) is 24.1 Å². The van der Waals surface area contributed by atoms with Gasteiger partial charge >= 0.3 is 0 Å². The molecule has 1 atom stereocenters. The molecule has 1 saturated heterocycles. The van der Waals surface area contributed by atoms with Crippen molar-refractivity contribution in [3.05, 3.63) is 30.1 Å². The highest BCUT2D eigenvalue weighted by Gasteiger charge is 2.45. The molecular weight excluding hydrogens is 266 g/mol. The van der Waals surface area contributed by atoms with E-state index in [9.17, 15) is 9.59 Å². The Morgan fingerprint density at radius 1 is 1.38 bits per heavy atom. The molecule has 2 rings (SSSR count). The summed E-state index contributed by atoms with van der Waals surface area (Å²) in [6.07, 6.45) is 4.09. The normalized spacial score (nSPS) is 21.6. The van der Waals surface area contributed by atoms with Gasteiger partial charge in [0.1, 0.15) is 11.6 Å². The summed E-state index contributed by atoms with van der Waals surface area (Å²) in [6, 6.07) is 3.35. The number of carbonyl (C=O) groups excluding carboxylic acids is 2. The van der Waals surface area contributed by atoms with Gasteiger partial charge < -0.3 is 10.2 Å². The first-order chi connectivity index (χ1) is 9.81. The van der Waals surface area contributed by atoms with Crippen LogP contribution < -0.4 is 5.32 Å². The van der Waals surface area contributed by atoms with Gasteiger partial charge in [-0.3, -0.25) is 14.6 Å². The van der Waals surface area contributed by atoms with Crippen LogP contribution >= 0.6 is 0 Å². The molecule has 5 heteroatoms. The lowest BCUT2D eigenvalue weighted by atomic mass is 9.92. The van der Waals surface area contributed by atoms with Crippen molar-refractivity contribution >= 4 is 11.8 Å². The number of piperazine rings is 1. The summed E-state index contributed by atoms with van der Waals surface area (Å²) in [5, 5.41) is 2.83. The third kappa shape index (κ3) is 3.40. The van der Waals surface area contributed by atoms with Gasteiger partial charge in [-0.05, 0) is 37.8 Å². The van der Waals surface area contributed by atoms with Crippen molar-refractivity contribution in [2.75, 3.05) is 0 Å². The third-order valence-electron chi connectivity index (χ3n) is 3.68. The van der Waals surface area contributed by atoms with Gasteiger partial charge in [0, 0.05) is 18.9 Å². The summed E-state index contributed by atoms with van der Waals surface area (Å²) in [5.74, 6) is 0.222. The SMILES string of the molecule is CC(C)CC1C(=O)NC(C)(C)C(=O)N1Cc1cccnc1. The second-order valence-electron chi connectivity index (χ2n) is 6.55. The number of pyridine rings is 1. The molecule has 0 aromatic carbocycles. The zero-order chi connectivity index (χ0) is 15.6. The van der Waals surface area contributed by atoms with Crippen LogP contribution in [0, 0.1) is 5.92 Å². The van der Waals surface area contributed by atoms with Crippen molar-refractivity contribution in [1.29, 1.82) is 0 Å². The lowest BCUT2D eigenvalue weighted by molar-refractivity contribution is -0.154. The van der Waals surface area contributed by atoms with Gasteiger partial charge in [0.05, 0.1) is 0 Å². The molecule has 1 unspecified atom stereocenters. The highest BCUT2D eigenvalue weighted by molar-refractivity contribution is 5.99. The van der Waals surface area contributed by atoms with Crippen molar-refractivity contribution in [2.24, 2.45) is 5.92 Å². The second kappa shape index (κ2) is 5.84. The van der Waals surface area contributed by atoms with Crippen molar-refractivity contribution in [1.82, 2.24) is 15.2 Å². The zero-order valence-corrected chi connectivity index (χ0v) is 13.1. The number of carbonyl (C=O) groups is 2. The Morgan fingerprint density at radius 3 is 2.67 bits per heavy atom. The Hall–Kier alpha value is -1.91. The predicted molar refractivity (Wildman–Crippen MR) is 80.3 cm³/mol. The van der Waals surface area contributed by atoms with E-state index in [0.717, 1.165) is 5.56 Å². The van der Waals surface area contributed by atoms with Crippen LogP contribution in [0.15, 0.2) is 24.5 Å². The minimum Gasteiger partial charge on any atom is -0.340 e. The Morgan fingerprint density at radius 2 is 2.10 bits per heavy atom. The first kappa shape index (κ1) is 15.5. The fourth-order valence-corrected chi connectivity index (χ4v) is 2.64. The van der Waals surface area contributed by atoms with Crippen LogP contribution in [0.25, 0.3) is 0 Å².